The molecular weight excluding hydrogens is 402 g/mol. The number of carbonyl (C=O) groups is 1. The van der Waals surface area contributed by atoms with Crippen LogP contribution in [0.1, 0.15) is 11.1 Å². The van der Waals surface area contributed by atoms with Gasteiger partial charge in [0.2, 0.25) is 0 Å². The van der Waals surface area contributed by atoms with Crippen LogP contribution in [0.3, 0.4) is 0 Å². The van der Waals surface area contributed by atoms with E-state index in [0.717, 1.165) is 0 Å². The summed E-state index contributed by atoms with van der Waals surface area (Å²) in [5.74, 6) is 0.216. The van der Waals surface area contributed by atoms with Gasteiger partial charge < -0.3 is 9.47 Å². The fourth-order valence-corrected chi connectivity index (χ4v) is 3.22. The molecule has 0 saturated carbocycles. The smallest absolute Gasteiger partial charge is 0.282 e. The summed E-state index contributed by atoms with van der Waals surface area (Å²) in [5.41, 5.74) is 1.78. The third-order valence-electron chi connectivity index (χ3n) is 4.78. The summed E-state index contributed by atoms with van der Waals surface area (Å²) in [6.45, 7) is 0. The third-order valence-corrected chi connectivity index (χ3v) is 4.78. The lowest BCUT2D eigenvalue weighted by Crippen LogP contribution is -2.32. The molecule has 7 heteroatoms. The molecule has 0 aliphatic carbocycles. The van der Waals surface area contributed by atoms with Crippen molar-refractivity contribution in [3.63, 3.8) is 0 Å². The molecule has 0 radical (unpaired) electrons. The van der Waals surface area contributed by atoms with Gasteiger partial charge in [-0.25, -0.2) is 13.8 Å². The van der Waals surface area contributed by atoms with Crippen LogP contribution in [0.2, 0.25) is 0 Å². The van der Waals surface area contributed by atoms with E-state index in [1.807, 2.05) is 0 Å². The molecule has 0 saturated heterocycles. The number of amides is 1. The summed E-state index contributed by atoms with van der Waals surface area (Å²) in [4.78, 5) is 19.2. The van der Waals surface area contributed by atoms with E-state index >= 15 is 0 Å². The number of ether oxygens (including phenoxy) is 2. The van der Waals surface area contributed by atoms with Crippen LogP contribution >= 0.6 is 0 Å². The van der Waals surface area contributed by atoms with Gasteiger partial charge in [-0.2, -0.15) is 0 Å². The zero-order valence-corrected chi connectivity index (χ0v) is 16.8. The second kappa shape index (κ2) is 8.39. The molecule has 1 heterocycles. The molecule has 31 heavy (non-hydrogen) atoms. The van der Waals surface area contributed by atoms with Crippen molar-refractivity contribution < 1.29 is 23.0 Å². The maximum atomic E-state index is 13.4. The molecule has 3 aromatic carbocycles. The number of methoxy groups -OCH3 is 2. The van der Waals surface area contributed by atoms with Crippen LogP contribution in [0.5, 0.6) is 11.5 Å². The number of carbonyl (C=O) groups excluding carboxylic acids is 1. The normalized spacial score (nSPS) is 14.7. The van der Waals surface area contributed by atoms with Gasteiger partial charge in [0, 0.05) is 17.2 Å². The highest BCUT2D eigenvalue weighted by Crippen LogP contribution is 2.31. The van der Waals surface area contributed by atoms with Crippen molar-refractivity contribution in [3.8, 4) is 11.5 Å². The number of rotatable bonds is 5. The van der Waals surface area contributed by atoms with Crippen LogP contribution in [0.4, 0.5) is 14.5 Å². The summed E-state index contributed by atoms with van der Waals surface area (Å²) < 4.78 is 37.5. The van der Waals surface area contributed by atoms with E-state index in [1.54, 1.807) is 31.4 Å². The van der Waals surface area contributed by atoms with Crippen molar-refractivity contribution in [2.45, 2.75) is 0 Å². The maximum absolute atomic E-state index is 13.4. The number of benzene rings is 3. The standard InChI is InChI=1S/C24H18F2N2O3/c1-30-20-12-5-16(22(14-20)31-2)13-21-24(29)28(19-10-8-18(26)9-11-19)23(27-21)15-3-6-17(25)7-4-15/h3-14H,1-2H3/b21-13+. The Labute approximate surface area is 177 Å². The highest BCUT2D eigenvalue weighted by atomic mass is 19.1. The number of aliphatic imine (C=N–C) groups is 1. The zero-order chi connectivity index (χ0) is 22.0. The Morgan fingerprint density at radius 3 is 2.13 bits per heavy atom. The molecule has 4 rings (SSSR count). The molecule has 0 unspecified atom stereocenters. The maximum Gasteiger partial charge on any atom is 0.282 e. The summed E-state index contributed by atoms with van der Waals surface area (Å²) in [6.07, 6.45) is 1.60. The van der Waals surface area contributed by atoms with Crippen LogP contribution in [-0.2, 0) is 4.79 Å². The summed E-state index contributed by atoms with van der Waals surface area (Å²) in [6, 6.07) is 16.4. The molecule has 0 bridgehead atoms. The second-order valence-electron chi connectivity index (χ2n) is 6.70. The number of hydrogen-bond donors (Lipinski definition) is 0. The number of amidine groups is 1. The second-order valence-corrected chi connectivity index (χ2v) is 6.70. The Balaban J connectivity index is 1.82. The van der Waals surface area contributed by atoms with Crippen molar-refractivity contribution in [1.29, 1.82) is 0 Å². The summed E-state index contributed by atoms with van der Waals surface area (Å²) in [7, 11) is 3.07. The van der Waals surface area contributed by atoms with Gasteiger partial charge in [-0.15, -0.1) is 0 Å². The number of halogens is 2. The van der Waals surface area contributed by atoms with E-state index in [0.29, 0.717) is 34.1 Å². The van der Waals surface area contributed by atoms with Gasteiger partial charge >= 0.3 is 0 Å². The number of hydrogen-bond acceptors (Lipinski definition) is 4. The zero-order valence-electron chi connectivity index (χ0n) is 16.8. The van der Waals surface area contributed by atoms with Crippen LogP contribution in [0.15, 0.2) is 77.4 Å². The van der Waals surface area contributed by atoms with Crippen LogP contribution < -0.4 is 14.4 Å². The molecule has 0 atom stereocenters. The Kier molecular flexibility index (Phi) is 5.49. The first-order valence-electron chi connectivity index (χ1n) is 9.38. The fourth-order valence-electron chi connectivity index (χ4n) is 3.22. The number of nitrogens with zero attached hydrogens (tertiary/aromatic N) is 2. The van der Waals surface area contributed by atoms with E-state index < -0.39 is 17.5 Å². The van der Waals surface area contributed by atoms with Gasteiger partial charge in [0.1, 0.15) is 34.7 Å². The van der Waals surface area contributed by atoms with Crippen LogP contribution in [0.25, 0.3) is 6.08 Å². The quantitative estimate of drug-likeness (QED) is 0.557. The minimum Gasteiger partial charge on any atom is -0.497 e. The molecule has 1 aliphatic rings. The van der Waals surface area contributed by atoms with Gasteiger partial charge in [0.05, 0.1) is 19.9 Å². The van der Waals surface area contributed by atoms with Crippen molar-refractivity contribution in [3.05, 3.63) is 95.2 Å². The summed E-state index contributed by atoms with van der Waals surface area (Å²) in [5, 5.41) is 0. The molecule has 0 spiro atoms. The first-order valence-corrected chi connectivity index (χ1v) is 9.38. The minimum absolute atomic E-state index is 0.159. The van der Waals surface area contributed by atoms with Crippen molar-refractivity contribution in [2.75, 3.05) is 19.1 Å². The van der Waals surface area contributed by atoms with E-state index in [-0.39, 0.29) is 5.70 Å². The molecule has 156 valence electrons. The Hall–Kier alpha value is -4.00. The van der Waals surface area contributed by atoms with Crippen molar-refractivity contribution in [1.82, 2.24) is 0 Å². The van der Waals surface area contributed by atoms with Gasteiger partial charge in [0.25, 0.3) is 5.91 Å². The van der Waals surface area contributed by atoms with Crippen LogP contribution in [0, 0.1) is 11.6 Å². The largest absolute Gasteiger partial charge is 0.497 e. The fraction of sp³-hybridized carbons (Fsp3) is 0.0833. The van der Waals surface area contributed by atoms with Gasteiger partial charge in [0.15, 0.2) is 0 Å². The summed E-state index contributed by atoms with van der Waals surface area (Å²) >= 11 is 0. The van der Waals surface area contributed by atoms with Gasteiger partial charge in [-0.3, -0.25) is 9.69 Å². The third kappa shape index (κ3) is 4.02. The molecule has 3 aromatic rings. The molecule has 1 aliphatic heterocycles. The van der Waals surface area contributed by atoms with E-state index in [1.165, 1.54) is 60.5 Å². The highest BCUT2D eigenvalue weighted by Gasteiger charge is 2.32. The lowest BCUT2D eigenvalue weighted by atomic mass is 10.1. The lowest BCUT2D eigenvalue weighted by Gasteiger charge is -2.18. The Morgan fingerprint density at radius 2 is 1.52 bits per heavy atom. The van der Waals surface area contributed by atoms with Crippen molar-refractivity contribution >= 4 is 23.5 Å². The van der Waals surface area contributed by atoms with Gasteiger partial charge in [-0.05, 0) is 66.7 Å². The molecule has 1 amide bonds. The predicted molar refractivity (Wildman–Crippen MR) is 114 cm³/mol. The predicted octanol–water partition coefficient (Wildman–Crippen LogP) is 4.82. The first-order chi connectivity index (χ1) is 15.0. The lowest BCUT2D eigenvalue weighted by molar-refractivity contribution is -0.113. The average molecular weight is 420 g/mol. The Morgan fingerprint density at radius 1 is 0.871 bits per heavy atom. The monoisotopic (exact) mass is 420 g/mol. The molecular formula is C24H18F2N2O3. The topological polar surface area (TPSA) is 51.1 Å². The minimum atomic E-state index is -0.422. The SMILES string of the molecule is COc1ccc(/C=C2/N=C(c3ccc(F)cc3)N(c3ccc(F)cc3)C2=O)c(OC)c1. The molecule has 0 aromatic heterocycles. The molecule has 0 fully saturated rings. The highest BCUT2D eigenvalue weighted by molar-refractivity contribution is 6.33. The molecule has 0 N–H and O–H groups in total. The average Bonchev–Trinajstić information content (AvgIpc) is 3.11. The molecule has 5 nitrogen and oxygen atoms in total. The Bertz CT molecular complexity index is 1190. The van der Waals surface area contributed by atoms with Crippen LogP contribution in [-0.4, -0.2) is 26.0 Å². The van der Waals surface area contributed by atoms with E-state index in [9.17, 15) is 13.6 Å². The van der Waals surface area contributed by atoms with E-state index in [2.05, 4.69) is 4.99 Å². The van der Waals surface area contributed by atoms with E-state index in [4.69, 9.17) is 9.47 Å². The van der Waals surface area contributed by atoms with Gasteiger partial charge in [-0.1, -0.05) is 0 Å². The van der Waals surface area contributed by atoms with Crippen molar-refractivity contribution in [2.24, 2.45) is 4.99 Å². The first kappa shape index (κ1) is 20.3. The number of anilines is 1.